The van der Waals surface area contributed by atoms with E-state index in [2.05, 4.69) is 15.4 Å². The van der Waals surface area contributed by atoms with Crippen LogP contribution in [-0.4, -0.2) is 57.7 Å². The maximum absolute atomic E-state index is 12.0. The van der Waals surface area contributed by atoms with Crippen LogP contribution in [0.1, 0.15) is 24.2 Å². The van der Waals surface area contributed by atoms with Gasteiger partial charge in [-0.25, -0.2) is 13.2 Å². The van der Waals surface area contributed by atoms with Gasteiger partial charge in [0.1, 0.15) is 0 Å². The molecule has 0 radical (unpaired) electrons. The zero-order chi connectivity index (χ0) is 18.2. The Kier molecular flexibility index (Phi) is 7.50. The van der Waals surface area contributed by atoms with E-state index in [9.17, 15) is 18.0 Å². The number of hydrogen-bond donors (Lipinski definition) is 3. The fourth-order valence-corrected chi connectivity index (χ4v) is 2.54. The van der Waals surface area contributed by atoms with Gasteiger partial charge in [-0.2, -0.15) is 0 Å². The van der Waals surface area contributed by atoms with Crippen LogP contribution in [0.15, 0.2) is 24.3 Å². The quantitative estimate of drug-likeness (QED) is 0.600. The maximum atomic E-state index is 12.0. The fraction of sp³-hybridized carbons (Fsp3) is 0.467. The molecule has 0 aliphatic rings. The Hall–Kier alpha value is -2.29. The van der Waals surface area contributed by atoms with Crippen molar-refractivity contribution < 1.29 is 18.0 Å². The van der Waals surface area contributed by atoms with Crippen LogP contribution < -0.4 is 15.4 Å². The molecule has 24 heavy (non-hydrogen) atoms. The van der Waals surface area contributed by atoms with Crippen LogP contribution in [0.4, 0.5) is 10.5 Å². The van der Waals surface area contributed by atoms with Crippen molar-refractivity contribution in [2.75, 3.05) is 37.2 Å². The number of urea groups is 1. The largest absolute Gasteiger partial charge is 0.350 e. The van der Waals surface area contributed by atoms with Crippen LogP contribution in [0.25, 0.3) is 0 Å². The highest BCUT2D eigenvalue weighted by Crippen LogP contribution is 2.10. The summed E-state index contributed by atoms with van der Waals surface area (Å²) in [7, 11) is -3.34. The van der Waals surface area contributed by atoms with Crippen molar-refractivity contribution >= 4 is 27.6 Å². The van der Waals surface area contributed by atoms with Gasteiger partial charge in [0, 0.05) is 37.4 Å². The topological polar surface area (TPSA) is 108 Å². The van der Waals surface area contributed by atoms with Gasteiger partial charge in [-0.15, -0.1) is 0 Å². The highest BCUT2D eigenvalue weighted by Gasteiger charge is 2.09. The van der Waals surface area contributed by atoms with Crippen molar-refractivity contribution in [3.05, 3.63) is 29.8 Å². The number of sulfonamides is 1. The highest BCUT2D eigenvalue weighted by molar-refractivity contribution is 7.92. The Morgan fingerprint density at radius 1 is 1.00 bits per heavy atom. The highest BCUT2D eigenvalue weighted by atomic mass is 32.2. The summed E-state index contributed by atoms with van der Waals surface area (Å²) in [5.41, 5.74) is 0.796. The summed E-state index contributed by atoms with van der Waals surface area (Å²) in [6.45, 7) is 5.68. The van der Waals surface area contributed by atoms with E-state index in [1.165, 1.54) is 24.3 Å². The van der Waals surface area contributed by atoms with Crippen LogP contribution >= 0.6 is 0 Å². The molecule has 1 aromatic rings. The molecule has 134 valence electrons. The van der Waals surface area contributed by atoms with Crippen molar-refractivity contribution in [3.8, 4) is 0 Å². The lowest BCUT2D eigenvalue weighted by molar-refractivity contribution is 0.0953. The first-order valence-corrected chi connectivity index (χ1v) is 9.54. The first kappa shape index (κ1) is 19.8. The molecule has 0 aliphatic heterocycles. The van der Waals surface area contributed by atoms with Crippen molar-refractivity contribution in [2.45, 2.75) is 13.8 Å². The minimum absolute atomic E-state index is 0.162. The Balaban J connectivity index is 2.42. The van der Waals surface area contributed by atoms with Gasteiger partial charge in [-0.1, -0.05) is 0 Å². The summed E-state index contributed by atoms with van der Waals surface area (Å²) in [5, 5.41) is 5.41. The number of benzene rings is 1. The summed E-state index contributed by atoms with van der Waals surface area (Å²) in [5.74, 6) is -0.294. The first-order valence-electron chi connectivity index (χ1n) is 7.65. The number of nitrogens with one attached hydrogen (secondary N) is 3. The number of rotatable bonds is 8. The first-order chi connectivity index (χ1) is 11.3. The number of anilines is 1. The molecule has 0 fully saturated rings. The second-order valence-corrected chi connectivity index (χ2v) is 6.86. The third kappa shape index (κ3) is 6.86. The number of carbonyl (C=O) groups excluding carboxylic acids is 2. The van der Waals surface area contributed by atoms with Gasteiger partial charge in [-0.3, -0.25) is 9.52 Å². The number of hydrogen-bond acceptors (Lipinski definition) is 4. The molecule has 3 N–H and O–H groups in total. The van der Waals surface area contributed by atoms with Crippen LogP contribution in [0.5, 0.6) is 0 Å². The van der Waals surface area contributed by atoms with Gasteiger partial charge in [0.15, 0.2) is 0 Å². The lowest BCUT2D eigenvalue weighted by Gasteiger charge is -2.19. The molecule has 8 nitrogen and oxygen atoms in total. The lowest BCUT2D eigenvalue weighted by Crippen LogP contribution is -2.42. The SMILES string of the molecule is CCN(CC)C(=O)NCCNC(=O)c1ccc(NS(C)(=O)=O)cc1. The van der Waals surface area contributed by atoms with E-state index in [0.29, 0.717) is 37.4 Å². The van der Waals surface area contributed by atoms with E-state index >= 15 is 0 Å². The second-order valence-electron chi connectivity index (χ2n) is 5.11. The Morgan fingerprint density at radius 2 is 1.54 bits per heavy atom. The molecule has 0 unspecified atom stereocenters. The molecule has 0 aliphatic carbocycles. The van der Waals surface area contributed by atoms with Gasteiger partial charge >= 0.3 is 6.03 Å². The van der Waals surface area contributed by atoms with Crippen molar-refractivity contribution in [2.24, 2.45) is 0 Å². The van der Waals surface area contributed by atoms with E-state index in [1.54, 1.807) is 4.90 Å². The van der Waals surface area contributed by atoms with E-state index in [0.717, 1.165) is 6.26 Å². The van der Waals surface area contributed by atoms with E-state index in [-0.39, 0.29) is 11.9 Å². The molecule has 0 spiro atoms. The van der Waals surface area contributed by atoms with Crippen LogP contribution in [-0.2, 0) is 10.0 Å². The monoisotopic (exact) mass is 356 g/mol. The number of nitrogens with zero attached hydrogens (tertiary/aromatic N) is 1. The second kappa shape index (κ2) is 9.11. The van der Waals surface area contributed by atoms with Crippen LogP contribution in [0.3, 0.4) is 0 Å². The average molecular weight is 356 g/mol. The molecule has 0 bridgehead atoms. The summed E-state index contributed by atoms with van der Waals surface area (Å²) in [4.78, 5) is 25.3. The molecular formula is C15H24N4O4S. The van der Waals surface area contributed by atoms with Crippen molar-refractivity contribution in [1.82, 2.24) is 15.5 Å². The Bertz CT molecular complexity index is 655. The molecule has 9 heteroatoms. The molecule has 1 rings (SSSR count). The molecule has 0 heterocycles. The van der Waals surface area contributed by atoms with E-state index < -0.39 is 10.0 Å². The molecule has 0 atom stereocenters. The van der Waals surface area contributed by atoms with Crippen LogP contribution in [0, 0.1) is 0 Å². The van der Waals surface area contributed by atoms with Gasteiger partial charge in [-0.05, 0) is 38.1 Å². The van der Waals surface area contributed by atoms with Crippen LogP contribution in [0.2, 0.25) is 0 Å². The third-order valence-electron chi connectivity index (χ3n) is 3.19. The predicted octanol–water partition coefficient (Wildman–Crippen LogP) is 0.839. The van der Waals surface area contributed by atoms with E-state index in [4.69, 9.17) is 0 Å². The predicted molar refractivity (Wildman–Crippen MR) is 93.6 cm³/mol. The van der Waals surface area contributed by atoms with Gasteiger partial charge in [0.25, 0.3) is 5.91 Å². The molecular weight excluding hydrogens is 332 g/mol. The fourth-order valence-electron chi connectivity index (χ4n) is 1.97. The third-order valence-corrected chi connectivity index (χ3v) is 3.79. The summed E-state index contributed by atoms with van der Waals surface area (Å²) >= 11 is 0. The Morgan fingerprint density at radius 3 is 2.04 bits per heavy atom. The van der Waals surface area contributed by atoms with Gasteiger partial charge in [0.2, 0.25) is 10.0 Å². The molecule has 0 aromatic heterocycles. The van der Waals surface area contributed by atoms with E-state index in [1.807, 2.05) is 13.8 Å². The molecule has 3 amide bonds. The zero-order valence-electron chi connectivity index (χ0n) is 14.1. The van der Waals surface area contributed by atoms with Crippen molar-refractivity contribution in [1.29, 1.82) is 0 Å². The van der Waals surface area contributed by atoms with Gasteiger partial charge in [0.05, 0.1) is 6.26 Å². The average Bonchev–Trinajstić information content (AvgIpc) is 2.51. The zero-order valence-corrected chi connectivity index (χ0v) is 14.9. The maximum Gasteiger partial charge on any atom is 0.317 e. The van der Waals surface area contributed by atoms with Crippen molar-refractivity contribution in [3.63, 3.8) is 0 Å². The normalized spacial score (nSPS) is 10.8. The smallest absolute Gasteiger partial charge is 0.317 e. The Labute approximate surface area is 142 Å². The molecule has 1 aromatic carbocycles. The summed E-state index contributed by atoms with van der Waals surface area (Å²) in [6.07, 6.45) is 1.06. The summed E-state index contributed by atoms with van der Waals surface area (Å²) < 4.78 is 24.5. The number of carbonyl (C=O) groups is 2. The van der Waals surface area contributed by atoms with Gasteiger partial charge < -0.3 is 15.5 Å². The minimum Gasteiger partial charge on any atom is -0.350 e. The lowest BCUT2D eigenvalue weighted by atomic mass is 10.2. The minimum atomic E-state index is -3.34. The number of amides is 3. The standard InChI is InChI=1S/C15H24N4O4S/c1-4-19(5-2)15(21)17-11-10-16-14(20)12-6-8-13(9-7-12)18-24(3,22)23/h6-9,18H,4-5,10-11H2,1-3H3,(H,16,20)(H,17,21). The molecule has 0 saturated carbocycles. The molecule has 0 saturated heterocycles. The summed E-state index contributed by atoms with van der Waals surface area (Å²) in [6, 6.07) is 5.91.